The van der Waals surface area contributed by atoms with Gasteiger partial charge < -0.3 is 10.1 Å². The molecule has 0 saturated carbocycles. The molecular weight excluding hydrogens is 334 g/mol. The molecule has 102 valence electrons. The summed E-state index contributed by atoms with van der Waals surface area (Å²) in [6.45, 7) is 0.822. The van der Waals surface area contributed by atoms with Gasteiger partial charge in [0.15, 0.2) is 0 Å². The lowest BCUT2D eigenvalue weighted by atomic mass is 10.0. The molecule has 2 rings (SSSR count). The van der Waals surface area contributed by atoms with E-state index in [1.807, 2.05) is 0 Å². The van der Waals surface area contributed by atoms with Gasteiger partial charge in [0.1, 0.15) is 5.75 Å². The molecule has 2 nitrogen and oxygen atoms in total. The third kappa shape index (κ3) is 4.03. The monoisotopic (exact) mass is 345 g/mol. The van der Waals surface area contributed by atoms with E-state index in [0.717, 1.165) is 23.9 Å². The normalized spacial score (nSPS) is 19.4. The first-order chi connectivity index (χ1) is 7.96. The number of nitrogens with one attached hydrogen (secondary N) is 1. The Morgan fingerprint density at radius 3 is 2.61 bits per heavy atom. The van der Waals surface area contributed by atoms with Gasteiger partial charge in [0.2, 0.25) is 0 Å². The summed E-state index contributed by atoms with van der Waals surface area (Å²) in [5, 5.41) is 3.16. The second-order valence-electron chi connectivity index (χ2n) is 3.88. The fourth-order valence-electron chi connectivity index (χ4n) is 1.96. The van der Waals surface area contributed by atoms with Crippen LogP contribution in [-0.4, -0.2) is 12.9 Å². The smallest absolute Gasteiger partial charge is 0.405 e. The highest BCUT2D eigenvalue weighted by Gasteiger charge is 2.33. The molecule has 18 heavy (non-hydrogen) atoms. The molecule has 1 aromatic carbocycles. The maximum Gasteiger partial charge on any atom is 0.573 e. The lowest BCUT2D eigenvalue weighted by Crippen LogP contribution is -2.20. The molecule has 1 heterocycles. The summed E-state index contributed by atoms with van der Waals surface area (Å²) < 4.78 is 41.5. The van der Waals surface area contributed by atoms with Crippen molar-refractivity contribution in [1.29, 1.82) is 0 Å². The Morgan fingerprint density at radius 2 is 2.06 bits per heavy atom. The number of alkyl halides is 3. The van der Waals surface area contributed by atoms with Gasteiger partial charge in [0.05, 0.1) is 0 Å². The van der Waals surface area contributed by atoms with E-state index in [4.69, 9.17) is 0 Å². The standard InChI is InChI=1S/C11H11BrF3NO.ClH/c12-7-3-4-10(17-11(13,14)15)8(6-7)9-2-1-5-16-9;/h3-4,6,9,16H,1-2,5H2;1H/t9-;/m1./s1. The summed E-state index contributed by atoms with van der Waals surface area (Å²) in [7, 11) is 0. The van der Waals surface area contributed by atoms with Crippen molar-refractivity contribution in [1.82, 2.24) is 5.32 Å². The van der Waals surface area contributed by atoms with Gasteiger partial charge in [-0.3, -0.25) is 0 Å². The van der Waals surface area contributed by atoms with Crippen LogP contribution >= 0.6 is 28.3 Å². The van der Waals surface area contributed by atoms with Gasteiger partial charge in [-0.15, -0.1) is 25.6 Å². The molecule has 1 aliphatic rings. The van der Waals surface area contributed by atoms with Crippen molar-refractivity contribution < 1.29 is 17.9 Å². The molecule has 1 fully saturated rings. The first-order valence-corrected chi connectivity index (χ1v) is 6.03. The molecule has 0 amide bonds. The molecule has 0 spiro atoms. The minimum Gasteiger partial charge on any atom is -0.405 e. The van der Waals surface area contributed by atoms with Crippen LogP contribution in [0.15, 0.2) is 22.7 Å². The molecule has 1 saturated heterocycles. The zero-order valence-electron chi connectivity index (χ0n) is 9.26. The predicted molar refractivity (Wildman–Crippen MR) is 68.1 cm³/mol. The Labute approximate surface area is 117 Å². The van der Waals surface area contributed by atoms with Crippen molar-refractivity contribution in [3.05, 3.63) is 28.2 Å². The number of hydrogen-bond acceptors (Lipinski definition) is 2. The van der Waals surface area contributed by atoms with E-state index in [1.165, 1.54) is 6.07 Å². The number of rotatable bonds is 2. The lowest BCUT2D eigenvalue weighted by Gasteiger charge is -2.17. The Hall–Kier alpha value is -0.460. The van der Waals surface area contributed by atoms with Crippen LogP contribution in [0.4, 0.5) is 13.2 Å². The zero-order chi connectivity index (χ0) is 12.5. The molecule has 0 aliphatic carbocycles. The van der Waals surface area contributed by atoms with Crippen LogP contribution < -0.4 is 10.1 Å². The molecule has 0 unspecified atom stereocenters. The molecule has 1 aromatic rings. The van der Waals surface area contributed by atoms with Gasteiger partial charge >= 0.3 is 6.36 Å². The van der Waals surface area contributed by atoms with Crippen LogP contribution in [0, 0.1) is 0 Å². The third-order valence-electron chi connectivity index (χ3n) is 2.63. The van der Waals surface area contributed by atoms with Gasteiger partial charge in [0.25, 0.3) is 0 Å². The summed E-state index contributed by atoms with van der Waals surface area (Å²) in [4.78, 5) is 0. The van der Waals surface area contributed by atoms with E-state index in [1.54, 1.807) is 12.1 Å². The lowest BCUT2D eigenvalue weighted by molar-refractivity contribution is -0.275. The van der Waals surface area contributed by atoms with Crippen molar-refractivity contribution in [2.45, 2.75) is 25.2 Å². The van der Waals surface area contributed by atoms with Crippen molar-refractivity contribution >= 4 is 28.3 Å². The van der Waals surface area contributed by atoms with E-state index in [9.17, 15) is 13.2 Å². The summed E-state index contributed by atoms with van der Waals surface area (Å²) in [6, 6.07) is 4.49. The highest BCUT2D eigenvalue weighted by molar-refractivity contribution is 9.10. The highest BCUT2D eigenvalue weighted by Crippen LogP contribution is 2.35. The third-order valence-corrected chi connectivity index (χ3v) is 3.13. The number of hydrogen-bond donors (Lipinski definition) is 1. The van der Waals surface area contributed by atoms with E-state index in [2.05, 4.69) is 26.0 Å². The Balaban J connectivity index is 0.00000162. The second kappa shape index (κ2) is 6.12. The number of halogens is 5. The van der Waals surface area contributed by atoms with E-state index >= 15 is 0 Å². The van der Waals surface area contributed by atoms with Crippen molar-refractivity contribution in [3.63, 3.8) is 0 Å². The largest absolute Gasteiger partial charge is 0.573 e. The minimum atomic E-state index is -4.65. The molecule has 1 N–H and O–H groups in total. The van der Waals surface area contributed by atoms with Crippen LogP contribution in [0.25, 0.3) is 0 Å². The van der Waals surface area contributed by atoms with Gasteiger partial charge in [-0.25, -0.2) is 0 Å². The average molecular weight is 347 g/mol. The Kier molecular flexibility index (Phi) is 5.31. The minimum absolute atomic E-state index is 0. The maximum absolute atomic E-state index is 12.3. The Morgan fingerprint density at radius 1 is 1.33 bits per heavy atom. The summed E-state index contributed by atoms with van der Waals surface area (Å²) in [5.41, 5.74) is 0.550. The first kappa shape index (κ1) is 15.6. The molecule has 0 bridgehead atoms. The second-order valence-corrected chi connectivity index (χ2v) is 4.79. The summed E-state index contributed by atoms with van der Waals surface area (Å²) >= 11 is 3.26. The zero-order valence-corrected chi connectivity index (χ0v) is 11.7. The van der Waals surface area contributed by atoms with Crippen molar-refractivity contribution in [3.8, 4) is 5.75 Å². The van der Waals surface area contributed by atoms with Crippen LogP contribution in [0.1, 0.15) is 24.4 Å². The van der Waals surface area contributed by atoms with Crippen molar-refractivity contribution in [2.75, 3.05) is 6.54 Å². The Bertz CT molecular complexity index is 408. The SMILES string of the molecule is Cl.FC(F)(F)Oc1ccc(Br)cc1[C@H]1CCCN1. The fourth-order valence-corrected chi connectivity index (χ4v) is 2.34. The molecule has 1 aliphatic heterocycles. The van der Waals surface area contributed by atoms with Gasteiger partial charge in [0, 0.05) is 16.1 Å². The quantitative estimate of drug-likeness (QED) is 0.867. The summed E-state index contributed by atoms with van der Waals surface area (Å²) in [5.74, 6) is -0.125. The van der Waals surface area contributed by atoms with Crippen molar-refractivity contribution in [2.24, 2.45) is 0 Å². The predicted octanol–water partition coefficient (Wildman–Crippen LogP) is 4.19. The van der Waals surface area contributed by atoms with Crippen LogP contribution in [-0.2, 0) is 0 Å². The van der Waals surface area contributed by atoms with E-state index in [0.29, 0.717) is 5.56 Å². The van der Waals surface area contributed by atoms with Gasteiger partial charge in [-0.1, -0.05) is 15.9 Å². The maximum atomic E-state index is 12.3. The molecule has 0 aromatic heterocycles. The number of ether oxygens (including phenoxy) is 1. The molecular formula is C11H12BrClF3NO. The molecule has 0 radical (unpaired) electrons. The van der Waals surface area contributed by atoms with Gasteiger partial charge in [-0.2, -0.15) is 0 Å². The van der Waals surface area contributed by atoms with Gasteiger partial charge in [-0.05, 0) is 37.6 Å². The average Bonchev–Trinajstić information content (AvgIpc) is 2.71. The summed E-state index contributed by atoms with van der Waals surface area (Å²) in [6.07, 6.45) is -2.87. The highest BCUT2D eigenvalue weighted by atomic mass is 79.9. The van der Waals surface area contributed by atoms with E-state index < -0.39 is 6.36 Å². The van der Waals surface area contributed by atoms with Crippen LogP contribution in [0.5, 0.6) is 5.75 Å². The topological polar surface area (TPSA) is 21.3 Å². The first-order valence-electron chi connectivity index (χ1n) is 5.24. The molecule has 7 heteroatoms. The van der Waals surface area contributed by atoms with Crippen LogP contribution in [0.3, 0.4) is 0 Å². The number of benzene rings is 1. The van der Waals surface area contributed by atoms with E-state index in [-0.39, 0.29) is 24.2 Å². The molecule has 1 atom stereocenters. The van der Waals surface area contributed by atoms with Crippen LogP contribution in [0.2, 0.25) is 0 Å². The fraction of sp³-hybridized carbons (Fsp3) is 0.455.